The van der Waals surface area contributed by atoms with Gasteiger partial charge in [0.2, 0.25) is 15.9 Å². The van der Waals surface area contributed by atoms with Crippen molar-refractivity contribution in [3.8, 4) is 0 Å². The molecule has 0 N–H and O–H groups in total. The maximum atomic E-state index is 13.1. The Morgan fingerprint density at radius 2 is 1.57 bits per heavy atom. The number of benzene rings is 3. The number of thioether (sulfide) groups is 1. The lowest BCUT2D eigenvalue weighted by Gasteiger charge is -2.34. The molecule has 30 heavy (non-hydrogen) atoms. The van der Waals surface area contributed by atoms with Gasteiger partial charge in [0.1, 0.15) is 0 Å². The lowest BCUT2D eigenvalue weighted by atomic mass is 10.1. The van der Waals surface area contributed by atoms with Gasteiger partial charge in [-0.3, -0.25) is 4.79 Å². The quantitative estimate of drug-likeness (QED) is 0.537. The highest BCUT2D eigenvalue weighted by atomic mass is 35.5. The van der Waals surface area contributed by atoms with E-state index in [1.54, 1.807) is 23.1 Å². The van der Waals surface area contributed by atoms with Gasteiger partial charge in [-0.2, -0.15) is 4.31 Å². The van der Waals surface area contributed by atoms with Gasteiger partial charge in [0.25, 0.3) is 0 Å². The van der Waals surface area contributed by atoms with Crippen LogP contribution in [-0.2, 0) is 14.8 Å². The fourth-order valence-electron chi connectivity index (χ4n) is 3.45. The fraction of sp³-hybridized carbons (Fsp3) is 0.227. The summed E-state index contributed by atoms with van der Waals surface area (Å²) in [5.41, 5.74) is 0. The van der Waals surface area contributed by atoms with Crippen LogP contribution in [0, 0.1) is 0 Å². The average molecular weight is 461 g/mol. The van der Waals surface area contributed by atoms with Crippen molar-refractivity contribution < 1.29 is 13.2 Å². The van der Waals surface area contributed by atoms with E-state index in [1.807, 2.05) is 48.5 Å². The molecule has 0 aliphatic carbocycles. The van der Waals surface area contributed by atoms with Gasteiger partial charge in [0, 0.05) is 31.1 Å². The van der Waals surface area contributed by atoms with Crippen molar-refractivity contribution in [2.75, 3.05) is 31.9 Å². The predicted octanol–water partition coefficient (Wildman–Crippen LogP) is 4.12. The zero-order valence-electron chi connectivity index (χ0n) is 16.2. The van der Waals surface area contributed by atoms with Crippen molar-refractivity contribution in [1.29, 1.82) is 0 Å². The summed E-state index contributed by atoms with van der Waals surface area (Å²) in [7, 11) is -3.59. The predicted molar refractivity (Wildman–Crippen MR) is 121 cm³/mol. The summed E-state index contributed by atoms with van der Waals surface area (Å²) >= 11 is 7.54. The molecule has 1 saturated heterocycles. The monoisotopic (exact) mass is 460 g/mol. The summed E-state index contributed by atoms with van der Waals surface area (Å²) in [6.45, 7) is 1.35. The van der Waals surface area contributed by atoms with E-state index in [9.17, 15) is 13.2 Å². The Morgan fingerprint density at radius 1 is 0.900 bits per heavy atom. The van der Waals surface area contributed by atoms with Gasteiger partial charge >= 0.3 is 0 Å². The zero-order valence-corrected chi connectivity index (χ0v) is 18.6. The SMILES string of the molecule is O=C(CSc1ccccc1Cl)N1CCN(S(=O)(=O)c2ccc3ccccc3c2)CC1. The molecule has 0 atom stereocenters. The molecule has 1 aliphatic heterocycles. The Morgan fingerprint density at radius 3 is 2.30 bits per heavy atom. The van der Waals surface area contributed by atoms with Gasteiger partial charge in [-0.1, -0.05) is 54.1 Å². The number of carbonyl (C=O) groups is 1. The lowest BCUT2D eigenvalue weighted by Crippen LogP contribution is -2.50. The van der Waals surface area contributed by atoms with Crippen LogP contribution in [0.25, 0.3) is 10.8 Å². The first kappa shape index (κ1) is 21.2. The van der Waals surface area contributed by atoms with Crippen LogP contribution in [0.5, 0.6) is 0 Å². The van der Waals surface area contributed by atoms with Gasteiger partial charge in [-0.05, 0) is 35.0 Å². The Bertz CT molecular complexity index is 1180. The molecule has 0 radical (unpaired) electrons. The second-order valence-corrected chi connectivity index (χ2v) is 10.4. The first-order valence-corrected chi connectivity index (χ1v) is 12.4. The average Bonchev–Trinajstić information content (AvgIpc) is 2.78. The number of sulfonamides is 1. The van der Waals surface area contributed by atoms with E-state index in [0.29, 0.717) is 18.1 Å². The molecule has 8 heteroatoms. The molecule has 1 amide bonds. The molecule has 1 aliphatic rings. The van der Waals surface area contributed by atoms with Crippen LogP contribution in [-0.4, -0.2) is 55.5 Å². The molecule has 5 nitrogen and oxygen atoms in total. The van der Waals surface area contributed by atoms with E-state index in [0.717, 1.165) is 15.7 Å². The molecule has 0 unspecified atom stereocenters. The van der Waals surface area contributed by atoms with Gasteiger partial charge in [0.05, 0.1) is 15.7 Å². The van der Waals surface area contributed by atoms with Crippen LogP contribution in [0.4, 0.5) is 0 Å². The Hall–Kier alpha value is -2.06. The van der Waals surface area contributed by atoms with Gasteiger partial charge in [-0.15, -0.1) is 11.8 Å². The van der Waals surface area contributed by atoms with Crippen LogP contribution in [0.15, 0.2) is 76.5 Å². The summed E-state index contributed by atoms with van der Waals surface area (Å²) < 4.78 is 27.6. The number of rotatable bonds is 5. The summed E-state index contributed by atoms with van der Waals surface area (Å²) in [4.78, 5) is 15.4. The molecular formula is C22H21ClN2O3S2. The van der Waals surface area contributed by atoms with Crippen molar-refractivity contribution >= 4 is 50.1 Å². The third kappa shape index (κ3) is 4.49. The standard InChI is InChI=1S/C22H21ClN2O3S2/c23-20-7-3-4-8-21(20)29-16-22(26)24-11-13-25(14-12-24)30(27,28)19-10-9-17-5-1-2-6-18(17)15-19/h1-10,15H,11-14,16H2. The Balaban J connectivity index is 1.38. The second-order valence-electron chi connectivity index (χ2n) is 7.01. The van der Waals surface area contributed by atoms with Crippen molar-refractivity contribution in [3.05, 3.63) is 71.8 Å². The Labute approximate surface area is 185 Å². The molecule has 0 saturated carbocycles. The van der Waals surface area contributed by atoms with E-state index in [2.05, 4.69) is 0 Å². The zero-order chi connectivity index (χ0) is 21.1. The van der Waals surface area contributed by atoms with Crippen LogP contribution >= 0.6 is 23.4 Å². The third-order valence-electron chi connectivity index (χ3n) is 5.14. The molecule has 4 rings (SSSR count). The minimum atomic E-state index is -3.59. The van der Waals surface area contributed by atoms with Gasteiger partial charge in [0.15, 0.2) is 0 Å². The first-order chi connectivity index (χ1) is 14.4. The highest BCUT2D eigenvalue weighted by Gasteiger charge is 2.30. The van der Waals surface area contributed by atoms with Crippen LogP contribution in [0.1, 0.15) is 0 Å². The topological polar surface area (TPSA) is 57.7 Å². The normalized spacial score (nSPS) is 15.4. The van der Waals surface area contributed by atoms with E-state index in [1.165, 1.54) is 16.1 Å². The highest BCUT2D eigenvalue weighted by molar-refractivity contribution is 8.00. The number of amides is 1. The third-order valence-corrected chi connectivity index (χ3v) is 8.53. The smallest absolute Gasteiger partial charge is 0.243 e. The molecule has 156 valence electrons. The first-order valence-electron chi connectivity index (χ1n) is 9.59. The maximum absolute atomic E-state index is 13.1. The molecule has 3 aromatic rings. The van der Waals surface area contributed by atoms with E-state index >= 15 is 0 Å². The largest absolute Gasteiger partial charge is 0.339 e. The summed E-state index contributed by atoms with van der Waals surface area (Å²) in [6, 6.07) is 20.3. The van der Waals surface area contributed by atoms with Crippen molar-refractivity contribution in [2.45, 2.75) is 9.79 Å². The summed E-state index contributed by atoms with van der Waals surface area (Å²) in [5.74, 6) is 0.268. The van der Waals surface area contributed by atoms with E-state index in [-0.39, 0.29) is 29.6 Å². The lowest BCUT2D eigenvalue weighted by molar-refractivity contribution is -0.129. The van der Waals surface area contributed by atoms with Crippen LogP contribution < -0.4 is 0 Å². The van der Waals surface area contributed by atoms with Crippen molar-refractivity contribution in [2.24, 2.45) is 0 Å². The number of carbonyl (C=O) groups excluding carboxylic acids is 1. The molecule has 0 aromatic heterocycles. The number of hydrogen-bond acceptors (Lipinski definition) is 4. The van der Waals surface area contributed by atoms with Crippen LogP contribution in [0.2, 0.25) is 5.02 Å². The highest BCUT2D eigenvalue weighted by Crippen LogP contribution is 2.27. The number of piperazine rings is 1. The molecular weight excluding hydrogens is 440 g/mol. The molecule has 3 aromatic carbocycles. The maximum Gasteiger partial charge on any atom is 0.243 e. The summed E-state index contributed by atoms with van der Waals surface area (Å²) in [6.07, 6.45) is 0. The number of hydrogen-bond donors (Lipinski definition) is 0. The van der Waals surface area contributed by atoms with Crippen molar-refractivity contribution in [3.63, 3.8) is 0 Å². The van der Waals surface area contributed by atoms with Gasteiger partial charge in [-0.25, -0.2) is 8.42 Å². The van der Waals surface area contributed by atoms with Crippen LogP contribution in [0.3, 0.4) is 0 Å². The molecule has 0 bridgehead atoms. The molecule has 1 heterocycles. The van der Waals surface area contributed by atoms with E-state index in [4.69, 9.17) is 11.6 Å². The number of halogens is 1. The van der Waals surface area contributed by atoms with E-state index < -0.39 is 10.0 Å². The molecule has 0 spiro atoms. The second kappa shape index (κ2) is 8.98. The fourth-order valence-corrected chi connectivity index (χ4v) is 6.05. The minimum Gasteiger partial charge on any atom is -0.339 e. The van der Waals surface area contributed by atoms with Gasteiger partial charge < -0.3 is 4.90 Å². The summed E-state index contributed by atoms with van der Waals surface area (Å²) in [5, 5.41) is 2.52. The van der Waals surface area contributed by atoms with Crippen molar-refractivity contribution in [1.82, 2.24) is 9.21 Å². The minimum absolute atomic E-state index is 0.0114. The number of fused-ring (bicyclic) bond motifs is 1. The molecule has 1 fully saturated rings. The number of nitrogens with zero attached hydrogens (tertiary/aromatic N) is 2. The Kier molecular flexibility index (Phi) is 6.34.